The molecule has 3 heterocycles. The number of nitriles is 1. The molecule has 0 spiro atoms. The Bertz CT molecular complexity index is 1070. The van der Waals surface area contributed by atoms with Crippen LogP contribution in [0, 0.1) is 23.0 Å². The van der Waals surface area contributed by atoms with Crippen molar-refractivity contribution in [1.29, 1.82) is 5.26 Å². The number of benzene rings is 1. The van der Waals surface area contributed by atoms with Gasteiger partial charge in [0.2, 0.25) is 0 Å². The Hall–Kier alpha value is -3.28. The first kappa shape index (κ1) is 17.1. The van der Waals surface area contributed by atoms with Crippen LogP contribution in [0.4, 0.5) is 14.6 Å². The summed E-state index contributed by atoms with van der Waals surface area (Å²) in [5, 5.41) is 13.8. The fourth-order valence-electron chi connectivity index (χ4n) is 3.55. The number of hydrogen-bond donors (Lipinski definition) is 0. The van der Waals surface area contributed by atoms with Crippen LogP contribution in [0.1, 0.15) is 25.5 Å². The van der Waals surface area contributed by atoms with Crippen molar-refractivity contribution in [2.45, 2.75) is 25.8 Å². The highest BCUT2D eigenvalue weighted by molar-refractivity contribution is 5.82. The van der Waals surface area contributed by atoms with Gasteiger partial charge >= 0.3 is 0 Å². The smallest absolute Gasteiger partial charge is 0.255 e. The summed E-state index contributed by atoms with van der Waals surface area (Å²) in [5.41, 5.74) is 0.0974. The van der Waals surface area contributed by atoms with Crippen LogP contribution in [-0.4, -0.2) is 39.3 Å². The molecule has 0 aliphatic carbocycles. The van der Waals surface area contributed by atoms with E-state index in [1.165, 1.54) is 18.0 Å². The molecule has 1 aliphatic rings. The van der Waals surface area contributed by atoms with Gasteiger partial charge in [-0.3, -0.25) is 0 Å². The molecule has 7 nitrogen and oxygen atoms in total. The molecule has 1 aromatic carbocycles. The van der Waals surface area contributed by atoms with Gasteiger partial charge in [0.15, 0.2) is 17.3 Å². The Kier molecular flexibility index (Phi) is 4.11. The number of hydrogen-bond acceptors (Lipinski definition) is 6. The molecule has 3 aromatic rings. The molecule has 0 amide bonds. The zero-order chi connectivity index (χ0) is 19.1. The lowest BCUT2D eigenvalue weighted by Gasteiger charge is -2.27. The van der Waals surface area contributed by atoms with Gasteiger partial charge in [-0.25, -0.2) is 8.78 Å². The second-order valence-electron chi connectivity index (χ2n) is 6.39. The number of aromatic nitrogens is 4. The second kappa shape index (κ2) is 6.46. The topological polar surface area (TPSA) is 79.3 Å². The van der Waals surface area contributed by atoms with Crippen molar-refractivity contribution in [2.24, 2.45) is 0 Å². The number of halogens is 2. The molecular weight excluding hydrogens is 354 g/mol. The van der Waals surface area contributed by atoms with Crippen LogP contribution in [0.2, 0.25) is 0 Å². The van der Waals surface area contributed by atoms with E-state index in [0.29, 0.717) is 12.4 Å². The van der Waals surface area contributed by atoms with E-state index in [-0.39, 0.29) is 34.4 Å². The minimum Gasteiger partial charge on any atom is -0.494 e. The predicted molar refractivity (Wildman–Crippen MR) is 93.4 cm³/mol. The lowest BCUT2D eigenvalue weighted by atomic mass is 10.0. The summed E-state index contributed by atoms with van der Waals surface area (Å²) >= 11 is 0. The number of methoxy groups -OCH3 is 1. The van der Waals surface area contributed by atoms with Gasteiger partial charge in [0.05, 0.1) is 12.7 Å². The molecule has 27 heavy (non-hydrogen) atoms. The third-order valence-corrected chi connectivity index (χ3v) is 4.84. The Morgan fingerprint density at radius 3 is 2.78 bits per heavy atom. The van der Waals surface area contributed by atoms with Gasteiger partial charge in [0, 0.05) is 24.2 Å². The maximum Gasteiger partial charge on any atom is 0.255 e. The van der Waals surface area contributed by atoms with Gasteiger partial charge in [0.1, 0.15) is 24.0 Å². The molecule has 138 valence electrons. The van der Waals surface area contributed by atoms with Crippen molar-refractivity contribution in [3.8, 4) is 22.9 Å². The number of fused-ring (bicyclic) bond motifs is 1. The van der Waals surface area contributed by atoms with Gasteiger partial charge in [-0.2, -0.15) is 24.8 Å². The van der Waals surface area contributed by atoms with Crippen LogP contribution in [-0.2, 0) is 0 Å². The van der Waals surface area contributed by atoms with Gasteiger partial charge in [0.25, 0.3) is 5.78 Å². The highest BCUT2D eigenvalue weighted by Crippen LogP contribution is 2.39. The molecule has 4 rings (SSSR count). The van der Waals surface area contributed by atoms with E-state index in [2.05, 4.69) is 15.1 Å². The van der Waals surface area contributed by atoms with Crippen LogP contribution < -0.4 is 9.64 Å². The van der Waals surface area contributed by atoms with Crippen molar-refractivity contribution < 1.29 is 13.5 Å². The summed E-state index contributed by atoms with van der Waals surface area (Å²) in [6.07, 6.45) is 3.21. The van der Waals surface area contributed by atoms with E-state index < -0.39 is 11.6 Å². The molecule has 1 aliphatic heterocycles. The monoisotopic (exact) mass is 370 g/mol. The molecule has 1 unspecified atom stereocenters. The summed E-state index contributed by atoms with van der Waals surface area (Å²) in [6.45, 7) is 2.75. The Labute approximate surface area is 153 Å². The second-order valence-corrected chi connectivity index (χ2v) is 6.39. The van der Waals surface area contributed by atoms with E-state index >= 15 is 0 Å². The number of anilines is 1. The minimum atomic E-state index is -0.725. The summed E-state index contributed by atoms with van der Waals surface area (Å²) < 4.78 is 35.5. The molecule has 0 radical (unpaired) electrons. The first-order valence-corrected chi connectivity index (χ1v) is 8.49. The third kappa shape index (κ3) is 2.65. The van der Waals surface area contributed by atoms with Crippen molar-refractivity contribution in [3.63, 3.8) is 0 Å². The Morgan fingerprint density at radius 1 is 1.30 bits per heavy atom. The normalized spacial score (nSPS) is 16.7. The predicted octanol–water partition coefficient (Wildman–Crippen LogP) is 2.94. The Morgan fingerprint density at radius 2 is 2.11 bits per heavy atom. The van der Waals surface area contributed by atoms with Gasteiger partial charge in [-0.15, -0.1) is 0 Å². The lowest BCUT2D eigenvalue weighted by Crippen LogP contribution is -2.30. The molecular formula is C18H16F2N6O. The zero-order valence-corrected chi connectivity index (χ0v) is 14.8. The summed E-state index contributed by atoms with van der Waals surface area (Å²) in [5.74, 6) is -0.919. The van der Waals surface area contributed by atoms with E-state index in [1.54, 1.807) is 0 Å². The van der Waals surface area contributed by atoms with Crippen LogP contribution in [0.15, 0.2) is 18.5 Å². The summed E-state index contributed by atoms with van der Waals surface area (Å²) in [7, 11) is 1.26. The quantitative estimate of drug-likeness (QED) is 0.705. The Balaban J connectivity index is 2.08. The summed E-state index contributed by atoms with van der Waals surface area (Å²) in [6, 6.07) is 4.13. The van der Waals surface area contributed by atoms with Crippen molar-refractivity contribution >= 4 is 11.6 Å². The molecule has 2 aromatic heterocycles. The first-order valence-electron chi connectivity index (χ1n) is 8.49. The SMILES string of the molecule is COc1cc(F)c(-c2c(C#N)nc3ncnn3c2N2CCCC2C)cc1F. The van der Waals surface area contributed by atoms with E-state index in [1.807, 2.05) is 17.9 Å². The number of nitrogens with zero attached hydrogens (tertiary/aromatic N) is 6. The first-order chi connectivity index (χ1) is 13.0. The zero-order valence-electron chi connectivity index (χ0n) is 14.8. The molecule has 0 N–H and O–H groups in total. The van der Waals surface area contributed by atoms with E-state index in [9.17, 15) is 14.0 Å². The number of ether oxygens (including phenoxy) is 1. The lowest BCUT2D eigenvalue weighted by molar-refractivity contribution is 0.383. The van der Waals surface area contributed by atoms with Gasteiger partial charge in [-0.05, 0) is 25.8 Å². The number of rotatable bonds is 3. The largest absolute Gasteiger partial charge is 0.494 e. The van der Waals surface area contributed by atoms with Crippen molar-refractivity contribution in [3.05, 3.63) is 35.8 Å². The minimum absolute atomic E-state index is 0.0342. The fraction of sp³-hybridized carbons (Fsp3) is 0.333. The summed E-state index contributed by atoms with van der Waals surface area (Å²) in [4.78, 5) is 10.3. The maximum atomic E-state index is 14.9. The van der Waals surface area contributed by atoms with Crippen LogP contribution >= 0.6 is 0 Å². The molecule has 9 heteroatoms. The van der Waals surface area contributed by atoms with E-state index in [0.717, 1.165) is 25.0 Å². The maximum absolute atomic E-state index is 14.9. The molecule has 1 atom stereocenters. The van der Waals surface area contributed by atoms with E-state index in [4.69, 9.17) is 4.74 Å². The van der Waals surface area contributed by atoms with Gasteiger partial charge in [-0.1, -0.05) is 0 Å². The van der Waals surface area contributed by atoms with Crippen molar-refractivity contribution in [1.82, 2.24) is 19.6 Å². The highest BCUT2D eigenvalue weighted by Gasteiger charge is 2.30. The van der Waals surface area contributed by atoms with Crippen LogP contribution in [0.5, 0.6) is 5.75 Å². The van der Waals surface area contributed by atoms with Crippen molar-refractivity contribution in [2.75, 3.05) is 18.6 Å². The fourth-order valence-corrected chi connectivity index (χ4v) is 3.55. The molecule has 1 saturated heterocycles. The average Bonchev–Trinajstić information content (AvgIpc) is 3.30. The standard InChI is InChI=1S/C18H16F2N6O/c1-10-4-3-5-25(10)17-16(11-6-13(20)15(27-2)7-12(11)19)14(8-21)24-18-22-9-23-26(17)18/h6-7,9-10H,3-5H2,1-2H3. The average molecular weight is 370 g/mol. The molecule has 1 fully saturated rings. The molecule has 0 saturated carbocycles. The van der Waals surface area contributed by atoms with Gasteiger partial charge < -0.3 is 9.64 Å². The third-order valence-electron chi connectivity index (χ3n) is 4.84. The van der Waals surface area contributed by atoms with Crippen LogP contribution in [0.25, 0.3) is 16.9 Å². The van der Waals surface area contributed by atoms with Crippen LogP contribution in [0.3, 0.4) is 0 Å². The highest BCUT2D eigenvalue weighted by atomic mass is 19.1. The molecule has 0 bridgehead atoms.